The average molecular weight is 285 g/mol. The molecule has 2 atom stereocenters. The van der Waals surface area contributed by atoms with Crippen LogP contribution in [-0.4, -0.2) is 29.9 Å². The van der Waals surface area contributed by atoms with Gasteiger partial charge in [0, 0.05) is 25.0 Å². The first-order valence-electron chi connectivity index (χ1n) is 7.73. The van der Waals surface area contributed by atoms with E-state index in [1.54, 1.807) is 0 Å². The minimum atomic E-state index is -0.246. The molecule has 0 saturated carbocycles. The van der Waals surface area contributed by atoms with Crippen molar-refractivity contribution in [3.63, 3.8) is 0 Å². The maximum atomic E-state index is 11.6. The fraction of sp³-hybridized carbons (Fsp3) is 0.875. The minimum absolute atomic E-state index is 0.0774. The summed E-state index contributed by atoms with van der Waals surface area (Å²) in [6, 6.07) is 0. The molecule has 0 rings (SSSR count). The molecule has 0 aliphatic carbocycles. The van der Waals surface area contributed by atoms with Gasteiger partial charge < -0.3 is 14.8 Å². The molecule has 0 spiro atoms. The lowest BCUT2D eigenvalue weighted by Gasteiger charge is -2.33. The van der Waals surface area contributed by atoms with Crippen molar-refractivity contribution in [1.82, 2.24) is 5.32 Å². The third-order valence-electron chi connectivity index (χ3n) is 4.19. The highest BCUT2D eigenvalue weighted by atomic mass is 16.5. The van der Waals surface area contributed by atoms with Crippen LogP contribution in [0.3, 0.4) is 0 Å². The first-order chi connectivity index (χ1) is 9.34. The Morgan fingerprint density at radius 2 is 1.80 bits per heavy atom. The van der Waals surface area contributed by atoms with Crippen LogP contribution in [0.4, 0.5) is 0 Å². The number of hydrogen-bond donors (Lipinski definition) is 1. The summed E-state index contributed by atoms with van der Waals surface area (Å²) in [7, 11) is 0. The van der Waals surface area contributed by atoms with E-state index in [9.17, 15) is 9.59 Å². The number of aldehydes is 1. The van der Waals surface area contributed by atoms with Crippen molar-refractivity contribution in [2.45, 2.75) is 84.3 Å². The Bertz CT molecular complexity index is 306. The third-order valence-corrected chi connectivity index (χ3v) is 4.19. The molecule has 1 N–H and O–H groups in total. The number of hydrogen-bond acceptors (Lipinski definition) is 3. The molecule has 0 aromatic carbocycles. The van der Waals surface area contributed by atoms with Crippen molar-refractivity contribution in [2.24, 2.45) is 0 Å². The van der Waals surface area contributed by atoms with Crippen LogP contribution in [-0.2, 0) is 14.3 Å². The molecule has 0 aliphatic rings. The molecule has 0 radical (unpaired) electrons. The van der Waals surface area contributed by atoms with Crippen LogP contribution in [0.1, 0.15) is 73.1 Å². The smallest absolute Gasteiger partial charge is 0.220 e. The highest BCUT2D eigenvalue weighted by molar-refractivity contribution is 5.76. The molecule has 0 heterocycles. The van der Waals surface area contributed by atoms with Crippen LogP contribution in [0.5, 0.6) is 0 Å². The lowest BCUT2D eigenvalue weighted by atomic mass is 9.93. The Morgan fingerprint density at radius 1 is 1.15 bits per heavy atom. The molecule has 20 heavy (non-hydrogen) atoms. The number of rotatable bonds is 11. The van der Waals surface area contributed by atoms with Crippen molar-refractivity contribution in [1.29, 1.82) is 0 Å². The van der Waals surface area contributed by atoms with Gasteiger partial charge in [0.15, 0.2) is 0 Å². The zero-order chi connectivity index (χ0) is 15.6. The van der Waals surface area contributed by atoms with Gasteiger partial charge in [-0.05, 0) is 39.5 Å². The van der Waals surface area contributed by atoms with E-state index >= 15 is 0 Å². The molecule has 0 fully saturated rings. The number of amides is 1. The van der Waals surface area contributed by atoms with E-state index in [2.05, 4.69) is 26.1 Å². The summed E-state index contributed by atoms with van der Waals surface area (Å²) in [4.78, 5) is 22.1. The predicted molar refractivity (Wildman–Crippen MR) is 81.7 cm³/mol. The van der Waals surface area contributed by atoms with Gasteiger partial charge in [-0.2, -0.15) is 0 Å². The topological polar surface area (TPSA) is 55.4 Å². The largest absolute Gasteiger partial charge is 0.375 e. The van der Waals surface area contributed by atoms with Crippen LogP contribution in [0.15, 0.2) is 0 Å². The number of carbonyl (C=O) groups excluding carboxylic acids is 2. The number of ether oxygens (including phenoxy) is 1. The van der Waals surface area contributed by atoms with E-state index < -0.39 is 0 Å². The molecular formula is C16H31NO3. The maximum absolute atomic E-state index is 11.6. The molecule has 0 bridgehead atoms. The van der Waals surface area contributed by atoms with Crippen LogP contribution < -0.4 is 5.32 Å². The Morgan fingerprint density at radius 3 is 2.25 bits per heavy atom. The average Bonchev–Trinajstić information content (AvgIpc) is 2.45. The molecule has 118 valence electrons. The predicted octanol–water partition coefficient (Wildman–Crippen LogP) is 3.24. The van der Waals surface area contributed by atoms with Gasteiger partial charge in [-0.3, -0.25) is 4.79 Å². The van der Waals surface area contributed by atoms with E-state index in [-0.39, 0.29) is 17.0 Å². The molecular weight excluding hydrogens is 254 g/mol. The molecule has 4 heteroatoms. The van der Waals surface area contributed by atoms with Gasteiger partial charge in [0.25, 0.3) is 0 Å². The van der Waals surface area contributed by atoms with Gasteiger partial charge in [-0.25, -0.2) is 0 Å². The second kappa shape index (κ2) is 9.11. The Balaban J connectivity index is 4.35. The molecule has 1 amide bonds. The van der Waals surface area contributed by atoms with Crippen molar-refractivity contribution in [3.05, 3.63) is 0 Å². The fourth-order valence-electron chi connectivity index (χ4n) is 1.99. The zero-order valence-corrected chi connectivity index (χ0v) is 13.8. The van der Waals surface area contributed by atoms with Gasteiger partial charge in [0.2, 0.25) is 5.91 Å². The van der Waals surface area contributed by atoms with Crippen molar-refractivity contribution in [3.8, 4) is 0 Å². The first-order valence-corrected chi connectivity index (χ1v) is 7.73. The van der Waals surface area contributed by atoms with Gasteiger partial charge in [-0.15, -0.1) is 0 Å². The Labute approximate surface area is 123 Å². The van der Waals surface area contributed by atoms with Crippen LogP contribution in [0.2, 0.25) is 0 Å². The SMILES string of the molecule is CCC(=O)NC(C)(CC)CCOC(C)(CC)CCC=O. The summed E-state index contributed by atoms with van der Waals surface area (Å²) < 4.78 is 5.98. The van der Waals surface area contributed by atoms with E-state index in [4.69, 9.17) is 4.74 Å². The van der Waals surface area contributed by atoms with Gasteiger partial charge in [0.1, 0.15) is 6.29 Å². The van der Waals surface area contributed by atoms with Gasteiger partial charge >= 0.3 is 0 Å². The normalized spacial score (nSPS) is 17.1. The first kappa shape index (κ1) is 19.1. The summed E-state index contributed by atoms with van der Waals surface area (Å²) in [5, 5.41) is 3.07. The zero-order valence-electron chi connectivity index (χ0n) is 13.8. The summed E-state index contributed by atoms with van der Waals surface area (Å²) in [5.41, 5.74) is -0.462. The lowest BCUT2D eigenvalue weighted by molar-refractivity contribution is -0.123. The van der Waals surface area contributed by atoms with E-state index in [0.29, 0.717) is 19.4 Å². The van der Waals surface area contributed by atoms with Crippen LogP contribution in [0, 0.1) is 0 Å². The van der Waals surface area contributed by atoms with E-state index in [0.717, 1.165) is 32.0 Å². The summed E-state index contributed by atoms with van der Waals surface area (Å²) in [6.07, 6.45) is 5.26. The van der Waals surface area contributed by atoms with Crippen LogP contribution >= 0.6 is 0 Å². The lowest BCUT2D eigenvalue weighted by Crippen LogP contribution is -2.46. The molecule has 0 aromatic rings. The molecule has 0 aromatic heterocycles. The standard InChI is InChI=1S/C16H31NO3/c1-6-14(19)17-15(4,7-2)11-13-20-16(5,8-3)10-9-12-18/h12H,6-11,13H2,1-5H3,(H,17,19). The molecule has 4 nitrogen and oxygen atoms in total. The van der Waals surface area contributed by atoms with Crippen molar-refractivity contribution >= 4 is 12.2 Å². The highest BCUT2D eigenvalue weighted by Gasteiger charge is 2.27. The second-order valence-electron chi connectivity index (χ2n) is 5.92. The van der Waals surface area contributed by atoms with Gasteiger partial charge in [0.05, 0.1) is 5.60 Å². The van der Waals surface area contributed by atoms with Crippen molar-refractivity contribution in [2.75, 3.05) is 6.61 Å². The quantitative estimate of drug-likeness (QED) is 0.593. The monoisotopic (exact) mass is 285 g/mol. The van der Waals surface area contributed by atoms with E-state index in [1.807, 2.05) is 13.8 Å². The van der Waals surface area contributed by atoms with Crippen molar-refractivity contribution < 1.29 is 14.3 Å². The van der Waals surface area contributed by atoms with E-state index in [1.165, 1.54) is 0 Å². The minimum Gasteiger partial charge on any atom is -0.375 e. The van der Waals surface area contributed by atoms with Crippen LogP contribution in [0.25, 0.3) is 0 Å². The fourth-order valence-corrected chi connectivity index (χ4v) is 1.99. The second-order valence-corrected chi connectivity index (χ2v) is 5.92. The molecule has 2 unspecified atom stereocenters. The third kappa shape index (κ3) is 7.04. The summed E-state index contributed by atoms with van der Waals surface area (Å²) in [5.74, 6) is 0.0774. The maximum Gasteiger partial charge on any atom is 0.220 e. The number of nitrogens with one attached hydrogen (secondary N) is 1. The highest BCUT2D eigenvalue weighted by Crippen LogP contribution is 2.23. The van der Waals surface area contributed by atoms with Gasteiger partial charge in [-0.1, -0.05) is 20.8 Å². The Kier molecular flexibility index (Phi) is 8.70. The molecule has 0 aliphatic heterocycles. The summed E-state index contributed by atoms with van der Waals surface area (Å²) in [6.45, 7) is 10.7. The number of carbonyl (C=O) groups is 2. The molecule has 0 saturated heterocycles. The summed E-state index contributed by atoms with van der Waals surface area (Å²) >= 11 is 0. The Hall–Kier alpha value is -0.900.